The van der Waals surface area contributed by atoms with E-state index in [4.69, 9.17) is 0 Å². The molecule has 0 bridgehead atoms. The molecule has 0 unspecified atom stereocenters. The van der Waals surface area contributed by atoms with Gasteiger partial charge in [0.05, 0.1) is 0 Å². The Balaban J connectivity index is -0.00000180. The van der Waals surface area contributed by atoms with E-state index in [1.54, 1.807) is 4.90 Å². The van der Waals surface area contributed by atoms with Crippen LogP contribution < -0.4 is 0 Å². The van der Waals surface area contributed by atoms with Crippen LogP contribution >= 0.6 is 0 Å². The van der Waals surface area contributed by atoms with E-state index in [9.17, 15) is 4.79 Å². The predicted molar refractivity (Wildman–Crippen MR) is 96.2 cm³/mol. The van der Waals surface area contributed by atoms with Gasteiger partial charge in [-0.05, 0) is 6.42 Å². The molecule has 136 valence electrons. The maximum absolute atomic E-state index is 11.4. The van der Waals surface area contributed by atoms with E-state index in [1.165, 1.54) is 77.0 Å². The second-order valence-electron chi connectivity index (χ2n) is 6.28. The number of hydrogen-bond donors (Lipinski definition) is 0. The Morgan fingerprint density at radius 2 is 0.955 bits per heavy atom. The zero-order chi connectivity index (χ0) is 15.1. The first-order chi connectivity index (χ1) is 9.68. The molecule has 0 aromatic heterocycles. The summed E-state index contributed by atoms with van der Waals surface area (Å²) in [5, 5.41) is 0. The van der Waals surface area contributed by atoms with Crippen LogP contribution in [0, 0.1) is 0 Å². The van der Waals surface area contributed by atoms with Gasteiger partial charge in [0, 0.05) is 20.5 Å². The molecule has 22 heavy (non-hydrogen) atoms. The third-order valence-electron chi connectivity index (χ3n) is 3.99. The SMILES string of the molecule is CCCCCCCCCCCCCCCC(=O)N(C)C.O.O. The first-order valence-corrected chi connectivity index (χ1v) is 8.88. The van der Waals surface area contributed by atoms with Gasteiger partial charge in [-0.1, -0.05) is 84.0 Å². The molecule has 4 N–H and O–H groups in total. The topological polar surface area (TPSA) is 83.3 Å². The van der Waals surface area contributed by atoms with Crippen LogP contribution in [0.15, 0.2) is 0 Å². The lowest BCUT2D eigenvalue weighted by molar-refractivity contribution is -0.128. The molecule has 0 atom stereocenters. The maximum atomic E-state index is 11.4. The molecular weight excluding hydrogens is 278 g/mol. The molecule has 0 radical (unpaired) electrons. The Kier molecular flexibility index (Phi) is 24.4. The van der Waals surface area contributed by atoms with Crippen molar-refractivity contribution in [2.45, 2.75) is 96.8 Å². The number of hydrogen-bond acceptors (Lipinski definition) is 1. The number of rotatable bonds is 14. The molecule has 0 aromatic rings. The lowest BCUT2D eigenvalue weighted by Crippen LogP contribution is -2.20. The minimum atomic E-state index is 0. The molecule has 4 heteroatoms. The predicted octanol–water partition coefficient (Wildman–Crippen LogP) is 3.91. The molecular formula is C18H41NO3. The van der Waals surface area contributed by atoms with E-state index in [0.29, 0.717) is 0 Å². The summed E-state index contributed by atoms with van der Waals surface area (Å²) in [6.07, 6.45) is 18.4. The Labute approximate surface area is 138 Å². The van der Waals surface area contributed by atoms with Crippen molar-refractivity contribution in [2.24, 2.45) is 0 Å². The van der Waals surface area contributed by atoms with E-state index >= 15 is 0 Å². The molecule has 0 aliphatic carbocycles. The monoisotopic (exact) mass is 319 g/mol. The van der Waals surface area contributed by atoms with Crippen molar-refractivity contribution >= 4 is 5.91 Å². The fourth-order valence-electron chi connectivity index (χ4n) is 2.52. The van der Waals surface area contributed by atoms with Crippen molar-refractivity contribution in [3.8, 4) is 0 Å². The molecule has 0 saturated heterocycles. The molecule has 0 saturated carbocycles. The number of carbonyl (C=O) groups excluding carboxylic acids is 1. The van der Waals surface area contributed by atoms with Crippen molar-refractivity contribution in [1.29, 1.82) is 0 Å². The van der Waals surface area contributed by atoms with Gasteiger partial charge in [0.25, 0.3) is 0 Å². The second-order valence-corrected chi connectivity index (χ2v) is 6.28. The van der Waals surface area contributed by atoms with Gasteiger partial charge in [0.2, 0.25) is 5.91 Å². The van der Waals surface area contributed by atoms with E-state index in [-0.39, 0.29) is 16.9 Å². The van der Waals surface area contributed by atoms with E-state index in [1.807, 2.05) is 14.1 Å². The summed E-state index contributed by atoms with van der Waals surface area (Å²) in [7, 11) is 3.68. The Hall–Kier alpha value is -0.610. The van der Waals surface area contributed by atoms with Gasteiger partial charge < -0.3 is 15.9 Å². The summed E-state index contributed by atoms with van der Waals surface area (Å²) >= 11 is 0. The van der Waals surface area contributed by atoms with Crippen molar-refractivity contribution in [1.82, 2.24) is 4.90 Å². The maximum Gasteiger partial charge on any atom is 0.222 e. The summed E-state index contributed by atoms with van der Waals surface area (Å²) in [5.74, 6) is 0.271. The summed E-state index contributed by atoms with van der Waals surface area (Å²) in [6.45, 7) is 2.27. The first-order valence-electron chi connectivity index (χ1n) is 8.88. The van der Waals surface area contributed by atoms with Crippen LogP contribution in [-0.2, 0) is 4.79 Å². The van der Waals surface area contributed by atoms with Crippen LogP contribution in [-0.4, -0.2) is 35.9 Å². The zero-order valence-electron chi connectivity index (χ0n) is 15.3. The Morgan fingerprint density at radius 3 is 1.27 bits per heavy atom. The van der Waals surface area contributed by atoms with Crippen molar-refractivity contribution in [3.05, 3.63) is 0 Å². The molecule has 0 aliphatic heterocycles. The molecule has 0 aromatic carbocycles. The Bertz CT molecular complexity index is 220. The number of unbranched alkanes of at least 4 members (excludes halogenated alkanes) is 12. The Morgan fingerprint density at radius 1 is 0.636 bits per heavy atom. The van der Waals surface area contributed by atoms with Gasteiger partial charge >= 0.3 is 0 Å². The van der Waals surface area contributed by atoms with Crippen molar-refractivity contribution < 1.29 is 15.7 Å². The fourth-order valence-corrected chi connectivity index (χ4v) is 2.52. The van der Waals surface area contributed by atoms with Gasteiger partial charge in [0.1, 0.15) is 0 Å². The molecule has 0 fully saturated rings. The molecule has 1 amide bonds. The van der Waals surface area contributed by atoms with E-state index in [0.717, 1.165) is 12.8 Å². The fraction of sp³-hybridized carbons (Fsp3) is 0.944. The average molecular weight is 320 g/mol. The van der Waals surface area contributed by atoms with Crippen LogP contribution in [0.2, 0.25) is 0 Å². The largest absolute Gasteiger partial charge is 0.412 e. The number of carbonyl (C=O) groups is 1. The number of amides is 1. The summed E-state index contributed by atoms with van der Waals surface area (Å²) in [4.78, 5) is 13.1. The van der Waals surface area contributed by atoms with Crippen LogP contribution in [0.3, 0.4) is 0 Å². The highest BCUT2D eigenvalue weighted by molar-refractivity contribution is 5.75. The third kappa shape index (κ3) is 19.4. The number of nitrogens with zero attached hydrogens (tertiary/aromatic N) is 1. The van der Waals surface area contributed by atoms with Crippen LogP contribution in [0.4, 0.5) is 0 Å². The minimum Gasteiger partial charge on any atom is -0.412 e. The molecule has 4 nitrogen and oxygen atoms in total. The third-order valence-corrected chi connectivity index (χ3v) is 3.99. The van der Waals surface area contributed by atoms with Crippen LogP contribution in [0.5, 0.6) is 0 Å². The van der Waals surface area contributed by atoms with Gasteiger partial charge in [0.15, 0.2) is 0 Å². The van der Waals surface area contributed by atoms with Crippen LogP contribution in [0.1, 0.15) is 96.8 Å². The highest BCUT2D eigenvalue weighted by Crippen LogP contribution is 2.13. The molecule has 0 spiro atoms. The first kappa shape index (κ1) is 26.3. The van der Waals surface area contributed by atoms with E-state index in [2.05, 4.69) is 6.92 Å². The van der Waals surface area contributed by atoms with Gasteiger partial charge in [-0.15, -0.1) is 0 Å². The quantitative estimate of drug-likeness (QED) is 0.447. The van der Waals surface area contributed by atoms with Gasteiger partial charge in [-0.25, -0.2) is 0 Å². The molecule has 0 rings (SSSR count). The highest BCUT2D eigenvalue weighted by Gasteiger charge is 2.02. The lowest BCUT2D eigenvalue weighted by atomic mass is 10.0. The summed E-state index contributed by atoms with van der Waals surface area (Å²) in [6, 6.07) is 0. The van der Waals surface area contributed by atoms with E-state index < -0.39 is 0 Å². The van der Waals surface area contributed by atoms with Gasteiger partial charge in [-0.2, -0.15) is 0 Å². The molecule has 0 heterocycles. The zero-order valence-corrected chi connectivity index (χ0v) is 15.3. The van der Waals surface area contributed by atoms with Crippen molar-refractivity contribution in [2.75, 3.05) is 14.1 Å². The second kappa shape index (κ2) is 20.4. The molecule has 0 aliphatic rings. The highest BCUT2D eigenvalue weighted by atomic mass is 16.2. The smallest absolute Gasteiger partial charge is 0.222 e. The van der Waals surface area contributed by atoms with Crippen LogP contribution in [0.25, 0.3) is 0 Å². The van der Waals surface area contributed by atoms with Crippen molar-refractivity contribution in [3.63, 3.8) is 0 Å². The average Bonchev–Trinajstić information content (AvgIpc) is 2.43. The summed E-state index contributed by atoms with van der Waals surface area (Å²) < 4.78 is 0. The lowest BCUT2D eigenvalue weighted by Gasteiger charge is -2.09. The minimum absolute atomic E-state index is 0. The summed E-state index contributed by atoms with van der Waals surface area (Å²) in [5.41, 5.74) is 0. The normalized spacial score (nSPS) is 9.77. The van der Waals surface area contributed by atoms with Gasteiger partial charge in [-0.3, -0.25) is 4.79 Å². The standard InChI is InChI=1S/C18H37NO.2H2O/c1-4-5-6-7-8-9-10-11-12-13-14-15-16-17-18(20)19(2)3;;/h4-17H2,1-3H3;2*1H2.